The smallest absolute Gasteiger partial charge is 0.345 e. The van der Waals surface area contributed by atoms with Crippen LogP contribution in [0.4, 0.5) is 4.39 Å². The fourth-order valence-corrected chi connectivity index (χ4v) is 12.3. The van der Waals surface area contributed by atoms with Crippen molar-refractivity contribution in [2.45, 2.75) is 83.6 Å². The van der Waals surface area contributed by atoms with E-state index >= 15 is 0 Å². The molecule has 0 aliphatic rings. The van der Waals surface area contributed by atoms with Gasteiger partial charge in [0.25, 0.3) is 0 Å². The van der Waals surface area contributed by atoms with Crippen molar-refractivity contribution < 1.29 is 61.0 Å². The number of halogens is 3. The number of para-hydroxylation sites is 1. The summed E-state index contributed by atoms with van der Waals surface area (Å²) < 4.78 is 78.5. The summed E-state index contributed by atoms with van der Waals surface area (Å²) in [6, 6.07) is 45.4. The van der Waals surface area contributed by atoms with Gasteiger partial charge in [-0.2, -0.15) is 0 Å². The van der Waals surface area contributed by atoms with Gasteiger partial charge in [0.1, 0.15) is 70.4 Å². The highest BCUT2D eigenvalue weighted by molar-refractivity contribution is 6.74. The number of carboxylic acids is 1. The number of ether oxygens (including phenoxy) is 8. The minimum absolute atomic E-state index is 0.00754. The first-order valence-corrected chi connectivity index (χ1v) is 34.0. The zero-order valence-electron chi connectivity index (χ0n) is 53.9. The van der Waals surface area contributed by atoms with E-state index in [1.165, 1.54) is 18.5 Å². The number of hydrogen-bond donors (Lipinski definition) is 1. The van der Waals surface area contributed by atoms with Gasteiger partial charge in [-0.25, -0.2) is 29.1 Å². The van der Waals surface area contributed by atoms with E-state index in [2.05, 4.69) is 55.4 Å². The second-order valence-corrected chi connectivity index (χ2v) is 29.3. The van der Waals surface area contributed by atoms with Gasteiger partial charge in [-0.15, -0.1) is 6.58 Å². The molecule has 10 aromatic rings. The van der Waals surface area contributed by atoms with Crippen LogP contribution in [0.25, 0.3) is 44.9 Å². The van der Waals surface area contributed by atoms with E-state index in [4.69, 9.17) is 74.9 Å². The van der Waals surface area contributed by atoms with E-state index in [9.17, 15) is 14.3 Å². The maximum absolute atomic E-state index is 14.8. The van der Waals surface area contributed by atoms with Gasteiger partial charge in [-0.1, -0.05) is 117 Å². The number of furan rings is 1. The predicted octanol–water partition coefficient (Wildman–Crippen LogP) is 17.1. The van der Waals surface area contributed by atoms with Gasteiger partial charge < -0.3 is 51.8 Å². The lowest BCUT2D eigenvalue weighted by molar-refractivity contribution is -0.145. The number of aromatic nitrogens is 4. The van der Waals surface area contributed by atoms with Gasteiger partial charge in [-0.3, -0.25) is 0 Å². The molecule has 0 spiro atoms. The van der Waals surface area contributed by atoms with E-state index < -0.39 is 37.9 Å². The number of nitrogens with zero attached hydrogens (tertiary/aromatic N) is 4. The summed E-state index contributed by atoms with van der Waals surface area (Å²) in [6.07, 6.45) is 1.77. The summed E-state index contributed by atoms with van der Waals surface area (Å²) in [5, 5.41) is 11.5. The molecule has 7 aromatic carbocycles. The Kier molecular flexibility index (Phi) is 21.1. The average molecular weight is 1330 g/mol. The first kappa shape index (κ1) is 67.6. The predicted molar refractivity (Wildman–Crippen MR) is 364 cm³/mol. The van der Waals surface area contributed by atoms with E-state index in [0.717, 1.165) is 16.7 Å². The molecule has 0 bridgehead atoms. The summed E-state index contributed by atoms with van der Waals surface area (Å²) in [5.74, 6) is 1.63. The summed E-state index contributed by atoms with van der Waals surface area (Å²) in [6.45, 7) is 18.2. The SMILES string of the molecule is C=CCOC[C@H](COC(c1ccccc1)(c1ccc(OC)cc1)c1ccc(OC)cc1)Oc1c(Cl)c(C)c(-c2c(-c3ccc(F)cc3)oc3ncnc(O[C@H](Cc4cc(O[Si](C)(C)C(C)(C)C)ccc4OCc4ccnc(-c5ccccc5OC)n4)C(=O)O)c23)c(C)c1Cl. The summed E-state index contributed by atoms with van der Waals surface area (Å²) in [5.41, 5.74) is 5.07. The number of methoxy groups -OCH3 is 3. The zero-order valence-corrected chi connectivity index (χ0v) is 56.4. The molecule has 1 N–H and O–H groups in total. The molecule has 0 saturated carbocycles. The molecule has 0 radical (unpaired) electrons. The minimum atomic E-state index is -2.42. The Labute approximate surface area is 557 Å². The Balaban J connectivity index is 1.04. The molecule has 486 valence electrons. The van der Waals surface area contributed by atoms with Gasteiger partial charge in [-0.05, 0) is 150 Å². The fourth-order valence-electron chi connectivity index (χ4n) is 10.8. The van der Waals surface area contributed by atoms with Crippen LogP contribution >= 0.6 is 23.2 Å². The topological polar surface area (TPSA) is 185 Å². The van der Waals surface area contributed by atoms with Gasteiger partial charge in [0.05, 0.1) is 62.5 Å². The third-order valence-electron chi connectivity index (χ3n) is 16.7. The van der Waals surface area contributed by atoms with Crippen molar-refractivity contribution in [2.24, 2.45) is 0 Å². The lowest BCUT2D eigenvalue weighted by Crippen LogP contribution is -2.43. The van der Waals surface area contributed by atoms with E-state index in [-0.39, 0.29) is 76.4 Å². The quantitative estimate of drug-likeness (QED) is 0.0211. The first-order valence-electron chi connectivity index (χ1n) is 30.3. The van der Waals surface area contributed by atoms with Crippen molar-refractivity contribution in [3.63, 3.8) is 0 Å². The number of benzene rings is 7. The fraction of sp³-hybridized carbons (Fsp3) is 0.257. The van der Waals surface area contributed by atoms with Crippen molar-refractivity contribution in [1.29, 1.82) is 0 Å². The second-order valence-electron chi connectivity index (χ2n) is 23.8. The molecule has 2 atom stereocenters. The van der Waals surface area contributed by atoms with E-state index in [0.29, 0.717) is 79.2 Å². The van der Waals surface area contributed by atoms with Crippen LogP contribution in [0, 0.1) is 19.7 Å². The Bertz CT molecular complexity index is 4230. The van der Waals surface area contributed by atoms with Crippen LogP contribution in [0.1, 0.15) is 59.8 Å². The molecular weight excluding hydrogens is 1250 g/mol. The van der Waals surface area contributed by atoms with Crippen molar-refractivity contribution in [2.75, 3.05) is 41.2 Å². The van der Waals surface area contributed by atoms with Gasteiger partial charge in [0, 0.05) is 29.3 Å². The molecule has 94 heavy (non-hydrogen) atoms. The third-order valence-corrected chi connectivity index (χ3v) is 22.0. The van der Waals surface area contributed by atoms with E-state index in [1.807, 2.05) is 109 Å². The monoisotopic (exact) mass is 1330 g/mol. The Hall–Kier alpha value is -9.30. The molecule has 0 aliphatic heterocycles. The highest BCUT2D eigenvalue weighted by Crippen LogP contribution is 2.52. The molecule has 20 heteroatoms. The second kappa shape index (κ2) is 29.3. The standard InChI is InChI=1S/C74H73Cl2FN4O12Si/c1-12-38-87-42-57(43-89-74(49-18-14-13-15-19-49,50-24-30-54(84-7)31-25-50)51-26-32-55(85-8)33-27-51)90-68-65(75)45(2)62(46(3)66(68)76)63-64-70(79-44-80-71(64)92-67(63)47-22-28-52(77)29-23-47)91-61(72(82)83)40-48-39-56(93-94(10,11)73(4,5)6)34-35-59(48)88-41-53-36-37-78-69(81-53)58-20-16-17-21-60(58)86-9/h12-37,39,44,57,61H,1,38,40-43H2,2-11H3,(H,82,83)/t57-,61-/m1/s1. The minimum Gasteiger partial charge on any atom is -0.543 e. The zero-order chi connectivity index (χ0) is 66.9. The van der Waals surface area contributed by atoms with Gasteiger partial charge in [0.15, 0.2) is 11.6 Å². The van der Waals surface area contributed by atoms with Crippen molar-refractivity contribution >= 4 is 48.6 Å². The van der Waals surface area contributed by atoms with Crippen molar-refractivity contribution in [3.8, 4) is 74.2 Å². The number of aliphatic carboxylic acids is 1. The van der Waals surface area contributed by atoms with Gasteiger partial charge in [0.2, 0.25) is 26.0 Å². The number of carbonyl (C=O) groups is 1. The Morgan fingerprint density at radius 2 is 1.35 bits per heavy atom. The largest absolute Gasteiger partial charge is 0.543 e. The highest BCUT2D eigenvalue weighted by atomic mass is 35.5. The van der Waals surface area contributed by atoms with Crippen LogP contribution in [0.15, 0.2) is 181 Å². The van der Waals surface area contributed by atoms with Gasteiger partial charge >= 0.3 is 5.97 Å². The molecule has 16 nitrogen and oxygen atoms in total. The van der Waals surface area contributed by atoms with E-state index in [1.54, 1.807) is 77.8 Å². The molecule has 3 aromatic heterocycles. The molecule has 0 unspecified atom stereocenters. The highest BCUT2D eigenvalue weighted by Gasteiger charge is 2.41. The van der Waals surface area contributed by atoms with Crippen LogP contribution in [-0.2, 0) is 32.9 Å². The lowest BCUT2D eigenvalue weighted by atomic mass is 9.80. The normalized spacial score (nSPS) is 12.4. The van der Waals surface area contributed by atoms with Crippen LogP contribution in [0.2, 0.25) is 28.2 Å². The van der Waals surface area contributed by atoms with Crippen molar-refractivity contribution in [3.05, 3.63) is 232 Å². The third kappa shape index (κ3) is 14.6. The number of rotatable bonds is 28. The number of fused-ring (bicyclic) bond motifs is 1. The first-order chi connectivity index (χ1) is 45.2. The van der Waals surface area contributed by atoms with Crippen LogP contribution in [-0.4, -0.2) is 92.7 Å². The maximum atomic E-state index is 14.8. The number of carboxylic acid groups (broad SMARTS) is 1. The molecular formula is C74H73Cl2FN4O12Si. The Morgan fingerprint density at radius 1 is 0.723 bits per heavy atom. The maximum Gasteiger partial charge on any atom is 0.345 e. The lowest BCUT2D eigenvalue weighted by Gasteiger charge is -2.37. The van der Waals surface area contributed by atoms with Crippen LogP contribution in [0.3, 0.4) is 0 Å². The van der Waals surface area contributed by atoms with Crippen LogP contribution in [0.5, 0.6) is 40.4 Å². The molecule has 0 aliphatic carbocycles. The molecule has 10 rings (SSSR count). The Morgan fingerprint density at radius 3 is 1.97 bits per heavy atom. The average Bonchev–Trinajstić information content (AvgIpc) is 1.49. The summed E-state index contributed by atoms with van der Waals surface area (Å²) >= 11 is 15.2. The summed E-state index contributed by atoms with van der Waals surface area (Å²) in [7, 11) is 2.38. The molecule has 0 amide bonds. The van der Waals surface area contributed by atoms with Crippen LogP contribution < -0.4 is 32.8 Å². The number of hydrogen-bond acceptors (Lipinski definition) is 15. The van der Waals surface area contributed by atoms with Crippen molar-refractivity contribution in [1.82, 2.24) is 19.9 Å². The molecule has 3 heterocycles. The summed E-state index contributed by atoms with van der Waals surface area (Å²) in [4.78, 5) is 32.2. The molecule has 0 fully saturated rings. The molecule has 0 saturated heterocycles.